The summed E-state index contributed by atoms with van der Waals surface area (Å²) in [5.41, 5.74) is 0.510. The van der Waals surface area contributed by atoms with Crippen LogP contribution in [0.3, 0.4) is 0 Å². The highest BCUT2D eigenvalue weighted by Crippen LogP contribution is 2.32. The number of Topliss-reactive ketones (excluding diaryl/α,β-unsaturated/α-hetero) is 1. The number of hydrogen-bond acceptors (Lipinski definition) is 4. The minimum absolute atomic E-state index is 0.0898. The van der Waals surface area contributed by atoms with Crippen LogP contribution in [0, 0.1) is 0 Å². The summed E-state index contributed by atoms with van der Waals surface area (Å²) < 4.78 is 28.0. The lowest BCUT2D eigenvalue weighted by molar-refractivity contribution is 0.101. The third-order valence-electron chi connectivity index (χ3n) is 2.79. The van der Waals surface area contributed by atoms with Crippen LogP contribution in [0.1, 0.15) is 17.3 Å². The summed E-state index contributed by atoms with van der Waals surface area (Å²) in [4.78, 5) is 11.2. The Morgan fingerprint density at radius 3 is 2.37 bits per heavy atom. The third-order valence-corrected chi connectivity index (χ3v) is 4.14. The van der Waals surface area contributed by atoms with Crippen LogP contribution >= 0.6 is 10.7 Å². The van der Waals surface area contributed by atoms with Gasteiger partial charge in [0.2, 0.25) is 0 Å². The van der Waals surface area contributed by atoms with Crippen molar-refractivity contribution in [3.05, 3.63) is 35.9 Å². The predicted molar refractivity (Wildman–Crippen MR) is 73.5 cm³/mol. The van der Waals surface area contributed by atoms with E-state index >= 15 is 0 Å². The van der Waals surface area contributed by atoms with Gasteiger partial charge in [0, 0.05) is 16.2 Å². The smallest absolute Gasteiger partial charge is 0.265 e. The summed E-state index contributed by atoms with van der Waals surface area (Å²) >= 11 is 0. The van der Waals surface area contributed by atoms with Crippen molar-refractivity contribution >= 4 is 36.3 Å². The van der Waals surface area contributed by atoms with Gasteiger partial charge in [-0.25, -0.2) is 8.42 Å². The van der Waals surface area contributed by atoms with Gasteiger partial charge in [0.1, 0.15) is 10.6 Å². The first-order valence-electron chi connectivity index (χ1n) is 5.40. The molecule has 0 N–H and O–H groups in total. The Morgan fingerprint density at radius 1 is 1.16 bits per heavy atom. The lowest BCUT2D eigenvalue weighted by Crippen LogP contribution is -1.97. The van der Waals surface area contributed by atoms with Gasteiger partial charge in [-0.3, -0.25) is 4.79 Å². The van der Waals surface area contributed by atoms with Crippen molar-refractivity contribution in [2.75, 3.05) is 7.11 Å². The summed E-state index contributed by atoms with van der Waals surface area (Å²) in [6.45, 7) is 1.45. The molecule has 0 aliphatic rings. The molecule has 0 unspecified atom stereocenters. The number of methoxy groups -OCH3 is 1. The highest BCUT2D eigenvalue weighted by molar-refractivity contribution is 8.13. The van der Waals surface area contributed by atoms with Crippen LogP contribution in [-0.4, -0.2) is 21.3 Å². The molecule has 0 radical (unpaired) electrons. The largest absolute Gasteiger partial charge is 0.495 e. The van der Waals surface area contributed by atoms with Crippen LogP contribution in [0.25, 0.3) is 10.8 Å². The summed E-state index contributed by atoms with van der Waals surface area (Å²) in [5, 5.41) is 1.39. The number of carbonyl (C=O) groups is 1. The highest BCUT2D eigenvalue weighted by atomic mass is 35.7. The van der Waals surface area contributed by atoms with Crippen molar-refractivity contribution in [3.8, 4) is 5.75 Å². The molecule has 0 aliphatic carbocycles. The van der Waals surface area contributed by atoms with Gasteiger partial charge in [0.05, 0.1) is 7.11 Å². The number of ether oxygens (including phenoxy) is 1. The van der Waals surface area contributed by atoms with Gasteiger partial charge in [-0.15, -0.1) is 0 Å². The second-order valence-electron chi connectivity index (χ2n) is 4.06. The Bertz CT molecular complexity index is 766. The molecule has 0 saturated carbocycles. The van der Waals surface area contributed by atoms with Crippen molar-refractivity contribution in [1.82, 2.24) is 0 Å². The zero-order valence-corrected chi connectivity index (χ0v) is 11.9. The van der Waals surface area contributed by atoms with E-state index in [1.165, 1.54) is 20.1 Å². The van der Waals surface area contributed by atoms with Gasteiger partial charge in [0.15, 0.2) is 5.78 Å². The van der Waals surface area contributed by atoms with E-state index in [4.69, 9.17) is 15.4 Å². The molecule has 2 rings (SSSR count). The van der Waals surface area contributed by atoms with E-state index in [9.17, 15) is 13.2 Å². The van der Waals surface area contributed by atoms with Crippen LogP contribution in [0.15, 0.2) is 35.2 Å². The zero-order chi connectivity index (χ0) is 14.2. The van der Waals surface area contributed by atoms with Gasteiger partial charge in [-0.2, -0.15) is 0 Å². The van der Waals surface area contributed by atoms with E-state index in [2.05, 4.69) is 0 Å². The number of benzene rings is 2. The fourth-order valence-electron chi connectivity index (χ4n) is 1.82. The van der Waals surface area contributed by atoms with E-state index in [1.54, 1.807) is 24.3 Å². The monoisotopic (exact) mass is 298 g/mol. The van der Waals surface area contributed by atoms with Gasteiger partial charge < -0.3 is 4.74 Å². The third kappa shape index (κ3) is 2.72. The molecule has 0 atom stereocenters. The van der Waals surface area contributed by atoms with Gasteiger partial charge >= 0.3 is 0 Å². The number of rotatable bonds is 3. The van der Waals surface area contributed by atoms with Gasteiger partial charge in [-0.1, -0.05) is 12.1 Å². The fraction of sp³-hybridized carbons (Fsp3) is 0.154. The zero-order valence-electron chi connectivity index (χ0n) is 10.3. The molecule has 0 bridgehead atoms. The molecule has 19 heavy (non-hydrogen) atoms. The Hall–Kier alpha value is -1.59. The molecule has 0 fully saturated rings. The Kier molecular flexibility index (Phi) is 3.52. The predicted octanol–water partition coefficient (Wildman–Crippen LogP) is 2.98. The second-order valence-corrected chi connectivity index (χ2v) is 6.59. The molecule has 0 amide bonds. The Morgan fingerprint density at radius 2 is 1.84 bits per heavy atom. The minimum Gasteiger partial charge on any atom is -0.495 e. The maximum Gasteiger partial charge on any atom is 0.265 e. The average molecular weight is 299 g/mol. The van der Waals surface area contributed by atoms with Crippen LogP contribution < -0.4 is 4.74 Å². The molecule has 100 valence electrons. The Balaban J connectivity index is 2.80. The van der Waals surface area contributed by atoms with E-state index < -0.39 is 9.05 Å². The van der Waals surface area contributed by atoms with Crippen LogP contribution in [0.4, 0.5) is 0 Å². The quantitative estimate of drug-likeness (QED) is 0.645. The average Bonchev–Trinajstić information content (AvgIpc) is 2.35. The topological polar surface area (TPSA) is 60.4 Å². The molecule has 2 aromatic rings. The van der Waals surface area contributed by atoms with E-state index in [0.717, 1.165) is 5.39 Å². The lowest BCUT2D eigenvalue weighted by atomic mass is 10.0. The van der Waals surface area contributed by atoms with Crippen LogP contribution in [-0.2, 0) is 9.05 Å². The highest BCUT2D eigenvalue weighted by Gasteiger charge is 2.18. The van der Waals surface area contributed by atoms with Crippen molar-refractivity contribution in [1.29, 1.82) is 0 Å². The lowest BCUT2D eigenvalue weighted by Gasteiger charge is -2.08. The fourth-order valence-corrected chi connectivity index (χ4v) is 2.84. The molecule has 4 nitrogen and oxygen atoms in total. The molecular formula is C13H11ClO4S. The second kappa shape index (κ2) is 4.83. The van der Waals surface area contributed by atoms with E-state index in [-0.39, 0.29) is 16.4 Å². The molecule has 0 heterocycles. The summed E-state index contributed by atoms with van der Waals surface area (Å²) in [6.07, 6.45) is 0. The number of fused-ring (bicyclic) bond motifs is 1. The molecule has 0 aliphatic heterocycles. The Labute approximate surface area is 115 Å². The number of ketones is 1. The number of carbonyl (C=O) groups excluding carboxylic acids is 1. The normalized spacial score (nSPS) is 11.5. The summed E-state index contributed by atoms with van der Waals surface area (Å²) in [7, 11) is 2.83. The molecule has 2 aromatic carbocycles. The maximum absolute atomic E-state index is 11.5. The summed E-state index contributed by atoms with van der Waals surface area (Å²) in [5.74, 6) is 0.0890. The van der Waals surface area contributed by atoms with E-state index in [0.29, 0.717) is 10.9 Å². The van der Waals surface area contributed by atoms with Gasteiger partial charge in [-0.05, 0) is 35.9 Å². The number of hydrogen-bond donors (Lipinski definition) is 0. The molecule has 0 saturated heterocycles. The van der Waals surface area contributed by atoms with E-state index in [1.807, 2.05) is 0 Å². The molecule has 0 aromatic heterocycles. The van der Waals surface area contributed by atoms with Crippen molar-refractivity contribution < 1.29 is 17.9 Å². The number of halogens is 1. The molecule has 0 spiro atoms. The van der Waals surface area contributed by atoms with Gasteiger partial charge in [0.25, 0.3) is 9.05 Å². The van der Waals surface area contributed by atoms with Crippen LogP contribution in [0.5, 0.6) is 5.75 Å². The molecular weight excluding hydrogens is 288 g/mol. The first-order valence-corrected chi connectivity index (χ1v) is 7.71. The minimum atomic E-state index is -3.91. The first-order chi connectivity index (χ1) is 8.82. The SMILES string of the molecule is COc1cc2ccc(C(C)=O)cc2cc1S(=O)(=O)Cl. The van der Waals surface area contributed by atoms with Crippen LogP contribution in [0.2, 0.25) is 0 Å². The van der Waals surface area contributed by atoms with Crippen molar-refractivity contribution in [2.24, 2.45) is 0 Å². The maximum atomic E-state index is 11.5. The van der Waals surface area contributed by atoms with Crippen molar-refractivity contribution in [3.63, 3.8) is 0 Å². The standard InChI is InChI=1S/C13H11ClO4S/c1-8(15)9-3-4-10-6-12(18-2)13(19(14,16)17)7-11(10)5-9/h3-7H,1-2H3. The first kappa shape index (κ1) is 13.8. The molecule has 6 heteroatoms. The summed E-state index contributed by atoms with van der Waals surface area (Å²) in [6, 6.07) is 8.03. The van der Waals surface area contributed by atoms with Crippen molar-refractivity contribution in [2.45, 2.75) is 11.8 Å².